The number of likely N-dealkylation sites (N-methyl/N-ethyl adjacent to an activating group) is 1. The van der Waals surface area contributed by atoms with Gasteiger partial charge in [-0.3, -0.25) is 14.2 Å². The van der Waals surface area contributed by atoms with Crippen molar-refractivity contribution in [2.75, 3.05) is 12.4 Å². The highest BCUT2D eigenvalue weighted by Gasteiger charge is 2.41. The number of rotatable bonds is 7. The number of unbranched alkanes of at least 4 members (excludes halogenated alkanes) is 1. The van der Waals surface area contributed by atoms with Gasteiger partial charge in [-0.15, -0.1) is 0 Å². The number of aryl methyl sites for hydroxylation is 3. The van der Waals surface area contributed by atoms with E-state index in [0.717, 1.165) is 34.9 Å². The molecule has 0 aromatic carbocycles. The Labute approximate surface area is 171 Å². The van der Waals surface area contributed by atoms with Gasteiger partial charge < -0.3 is 5.32 Å². The van der Waals surface area contributed by atoms with Crippen LogP contribution in [-0.4, -0.2) is 51.3 Å². The van der Waals surface area contributed by atoms with Gasteiger partial charge in [0.15, 0.2) is 0 Å². The maximum Gasteiger partial charge on any atom is 0.280 e. The van der Waals surface area contributed by atoms with E-state index < -0.39 is 22.3 Å². The standard InChI is InChI=1S/C18H29N7O3S/c1-5-7-8-25-11-14(10-19-25)20-18(26)17-9-16(22-29(27,28)23(17)4)15-12-24(6-2)21-13(15)3/h10-12,16-17,22H,5-9H2,1-4H3,(H,20,26)/t16-,17-/m0/s1. The van der Waals surface area contributed by atoms with Crippen molar-refractivity contribution in [2.24, 2.45) is 0 Å². The molecule has 1 fully saturated rings. The molecule has 0 bridgehead atoms. The van der Waals surface area contributed by atoms with Gasteiger partial charge in [-0.05, 0) is 26.7 Å². The molecule has 10 nitrogen and oxygen atoms in total. The molecular weight excluding hydrogens is 394 g/mol. The molecule has 0 saturated carbocycles. The van der Waals surface area contributed by atoms with E-state index in [-0.39, 0.29) is 5.91 Å². The van der Waals surface area contributed by atoms with E-state index in [1.807, 2.05) is 20.0 Å². The molecule has 0 aliphatic carbocycles. The van der Waals surface area contributed by atoms with Crippen molar-refractivity contribution in [3.05, 3.63) is 29.8 Å². The van der Waals surface area contributed by atoms with Crippen molar-refractivity contribution in [3.8, 4) is 0 Å². The summed E-state index contributed by atoms with van der Waals surface area (Å²) in [5.41, 5.74) is 2.09. The first kappa shape index (κ1) is 21.5. The number of nitrogens with one attached hydrogen (secondary N) is 2. The van der Waals surface area contributed by atoms with Crippen molar-refractivity contribution in [1.82, 2.24) is 28.6 Å². The van der Waals surface area contributed by atoms with Gasteiger partial charge in [-0.2, -0.15) is 27.6 Å². The normalized spacial score (nSPS) is 21.9. The topological polar surface area (TPSA) is 114 Å². The first-order chi connectivity index (χ1) is 13.7. The molecule has 1 saturated heterocycles. The van der Waals surface area contributed by atoms with Crippen LogP contribution in [0.5, 0.6) is 0 Å². The quantitative estimate of drug-likeness (QED) is 0.699. The van der Waals surface area contributed by atoms with Crippen LogP contribution in [0.2, 0.25) is 0 Å². The summed E-state index contributed by atoms with van der Waals surface area (Å²) in [6, 6.07) is -1.35. The summed E-state index contributed by atoms with van der Waals surface area (Å²) in [6.45, 7) is 7.37. The zero-order chi connectivity index (χ0) is 21.2. The summed E-state index contributed by atoms with van der Waals surface area (Å²) in [5.74, 6) is -0.377. The largest absolute Gasteiger partial charge is 0.322 e. The van der Waals surface area contributed by atoms with Crippen LogP contribution in [0.3, 0.4) is 0 Å². The average Bonchev–Trinajstić information content (AvgIpc) is 3.28. The summed E-state index contributed by atoms with van der Waals surface area (Å²) in [7, 11) is -2.39. The fourth-order valence-electron chi connectivity index (χ4n) is 3.45. The lowest BCUT2D eigenvalue weighted by Gasteiger charge is -2.35. The molecular formula is C18H29N7O3S. The SMILES string of the molecule is CCCCn1cc(NC(=O)[C@@H]2C[C@@H](c3cn(CC)nc3C)NS(=O)(=O)N2C)cn1. The van der Waals surface area contributed by atoms with Crippen LogP contribution >= 0.6 is 0 Å². The highest BCUT2D eigenvalue weighted by atomic mass is 32.2. The minimum Gasteiger partial charge on any atom is -0.322 e. The maximum atomic E-state index is 12.9. The van der Waals surface area contributed by atoms with Crippen LogP contribution in [-0.2, 0) is 28.1 Å². The summed E-state index contributed by atoms with van der Waals surface area (Å²) < 4.78 is 32.5. The van der Waals surface area contributed by atoms with Gasteiger partial charge in [-0.25, -0.2) is 0 Å². The van der Waals surface area contributed by atoms with Crippen molar-refractivity contribution in [1.29, 1.82) is 0 Å². The maximum absolute atomic E-state index is 12.9. The van der Waals surface area contributed by atoms with E-state index in [1.54, 1.807) is 21.8 Å². The van der Waals surface area contributed by atoms with Crippen molar-refractivity contribution < 1.29 is 13.2 Å². The van der Waals surface area contributed by atoms with Gasteiger partial charge in [0.05, 0.1) is 23.6 Å². The molecule has 160 valence electrons. The van der Waals surface area contributed by atoms with E-state index in [0.29, 0.717) is 18.7 Å². The molecule has 2 N–H and O–H groups in total. The number of carbonyl (C=O) groups excluding carboxylic acids is 1. The molecule has 2 aromatic rings. The minimum atomic E-state index is -3.80. The Morgan fingerprint density at radius 1 is 1.31 bits per heavy atom. The first-order valence-electron chi connectivity index (χ1n) is 9.87. The molecule has 3 rings (SSSR count). The lowest BCUT2D eigenvalue weighted by molar-refractivity contribution is -0.120. The number of anilines is 1. The van der Waals surface area contributed by atoms with Crippen molar-refractivity contribution >= 4 is 21.8 Å². The monoisotopic (exact) mass is 423 g/mol. The lowest BCUT2D eigenvalue weighted by atomic mass is 10.00. The van der Waals surface area contributed by atoms with Crippen LogP contribution in [0, 0.1) is 6.92 Å². The van der Waals surface area contributed by atoms with Crippen LogP contribution in [0.15, 0.2) is 18.6 Å². The Hall–Kier alpha value is -2.24. The number of hydrogen-bond donors (Lipinski definition) is 2. The molecule has 11 heteroatoms. The second-order valence-corrected chi connectivity index (χ2v) is 9.07. The molecule has 0 unspecified atom stereocenters. The predicted molar refractivity (Wildman–Crippen MR) is 109 cm³/mol. The van der Waals surface area contributed by atoms with Gasteiger partial charge in [0, 0.05) is 38.1 Å². The molecule has 3 heterocycles. The number of hydrogen-bond acceptors (Lipinski definition) is 5. The first-order valence-corrected chi connectivity index (χ1v) is 11.3. The van der Waals surface area contributed by atoms with Gasteiger partial charge in [-0.1, -0.05) is 13.3 Å². The highest BCUT2D eigenvalue weighted by Crippen LogP contribution is 2.30. The predicted octanol–water partition coefficient (Wildman–Crippen LogP) is 1.43. The number of aromatic nitrogens is 4. The Bertz CT molecular complexity index is 966. The van der Waals surface area contributed by atoms with Gasteiger partial charge in [0.2, 0.25) is 5.91 Å². The van der Waals surface area contributed by atoms with Crippen molar-refractivity contribution in [2.45, 2.75) is 65.2 Å². The summed E-state index contributed by atoms with van der Waals surface area (Å²) in [5, 5.41) is 11.4. The molecule has 1 aliphatic rings. The smallest absolute Gasteiger partial charge is 0.280 e. The summed E-state index contributed by atoms with van der Waals surface area (Å²) in [6.07, 6.45) is 7.53. The zero-order valence-electron chi connectivity index (χ0n) is 17.3. The fourth-order valence-corrected chi connectivity index (χ4v) is 4.71. The Balaban J connectivity index is 1.78. The Kier molecular flexibility index (Phi) is 6.39. The molecule has 2 aromatic heterocycles. The molecule has 1 aliphatic heterocycles. The average molecular weight is 424 g/mol. The molecule has 0 spiro atoms. The third kappa shape index (κ3) is 4.68. The molecule has 0 radical (unpaired) electrons. The second kappa shape index (κ2) is 8.64. The highest BCUT2D eigenvalue weighted by molar-refractivity contribution is 7.87. The Morgan fingerprint density at radius 3 is 2.72 bits per heavy atom. The van der Waals surface area contributed by atoms with E-state index in [4.69, 9.17) is 0 Å². The zero-order valence-corrected chi connectivity index (χ0v) is 18.1. The van der Waals surface area contributed by atoms with E-state index >= 15 is 0 Å². The number of amides is 1. The molecule has 1 amide bonds. The lowest BCUT2D eigenvalue weighted by Crippen LogP contribution is -2.56. The second-order valence-electron chi connectivity index (χ2n) is 7.30. The molecule has 29 heavy (non-hydrogen) atoms. The number of nitrogens with zero attached hydrogens (tertiary/aromatic N) is 5. The van der Waals surface area contributed by atoms with Gasteiger partial charge in [0.25, 0.3) is 10.2 Å². The third-order valence-corrected chi connectivity index (χ3v) is 6.79. The van der Waals surface area contributed by atoms with E-state index in [9.17, 15) is 13.2 Å². The van der Waals surface area contributed by atoms with Crippen LogP contribution in [0.25, 0.3) is 0 Å². The number of carbonyl (C=O) groups is 1. The fraction of sp³-hybridized carbons (Fsp3) is 0.611. The third-order valence-electron chi connectivity index (χ3n) is 5.20. The summed E-state index contributed by atoms with van der Waals surface area (Å²) in [4.78, 5) is 12.9. The summed E-state index contributed by atoms with van der Waals surface area (Å²) >= 11 is 0. The molecule has 2 atom stereocenters. The van der Waals surface area contributed by atoms with Gasteiger partial charge in [0.1, 0.15) is 6.04 Å². The van der Waals surface area contributed by atoms with Crippen molar-refractivity contribution in [3.63, 3.8) is 0 Å². The van der Waals surface area contributed by atoms with Gasteiger partial charge >= 0.3 is 0 Å². The van der Waals surface area contributed by atoms with E-state index in [2.05, 4.69) is 27.2 Å². The Morgan fingerprint density at radius 2 is 2.07 bits per heavy atom. The minimum absolute atomic E-state index is 0.307. The van der Waals surface area contributed by atoms with Crippen LogP contribution in [0.4, 0.5) is 5.69 Å². The van der Waals surface area contributed by atoms with Crippen LogP contribution < -0.4 is 10.0 Å². The van der Waals surface area contributed by atoms with Crippen LogP contribution in [0.1, 0.15) is 50.4 Å². The van der Waals surface area contributed by atoms with E-state index in [1.165, 1.54) is 7.05 Å².